The number of hydrogen-bond acceptors (Lipinski definition) is 2. The van der Waals surface area contributed by atoms with E-state index in [1.54, 1.807) is 0 Å². The lowest BCUT2D eigenvalue weighted by atomic mass is 9.86. The molecule has 1 aliphatic carbocycles. The van der Waals surface area contributed by atoms with E-state index < -0.39 is 0 Å². The van der Waals surface area contributed by atoms with Gasteiger partial charge in [0.1, 0.15) is 0 Å². The van der Waals surface area contributed by atoms with Gasteiger partial charge < -0.3 is 10.2 Å². The van der Waals surface area contributed by atoms with Crippen LogP contribution in [-0.2, 0) is 0 Å². The van der Waals surface area contributed by atoms with E-state index in [2.05, 4.69) is 24.1 Å². The molecule has 3 atom stereocenters. The van der Waals surface area contributed by atoms with Gasteiger partial charge in [0.2, 0.25) is 0 Å². The first-order valence-corrected chi connectivity index (χ1v) is 7.71. The quantitative estimate of drug-likeness (QED) is 0.792. The summed E-state index contributed by atoms with van der Waals surface area (Å²) in [7, 11) is 0. The van der Waals surface area contributed by atoms with E-state index in [9.17, 15) is 0 Å². The minimum Gasteiger partial charge on any atom is -0.313 e. The highest BCUT2D eigenvalue weighted by molar-refractivity contribution is 4.79. The molecule has 1 N–H and O–H groups in total. The first kappa shape index (κ1) is 13.4. The molecule has 1 saturated heterocycles. The Kier molecular flexibility index (Phi) is 5.30. The zero-order valence-electron chi connectivity index (χ0n) is 11.8. The maximum Gasteiger partial charge on any atom is 0.00928 e. The molecule has 0 spiro atoms. The lowest BCUT2D eigenvalue weighted by Crippen LogP contribution is -2.41. The largest absolute Gasteiger partial charge is 0.313 e. The summed E-state index contributed by atoms with van der Waals surface area (Å²) in [5.41, 5.74) is 0. The van der Waals surface area contributed by atoms with E-state index in [1.165, 1.54) is 64.7 Å². The minimum atomic E-state index is 0.796. The molecule has 0 aromatic carbocycles. The molecule has 2 fully saturated rings. The van der Waals surface area contributed by atoms with Gasteiger partial charge in [-0.05, 0) is 57.2 Å². The molecule has 1 saturated carbocycles. The van der Waals surface area contributed by atoms with Crippen molar-refractivity contribution in [3.8, 4) is 0 Å². The van der Waals surface area contributed by atoms with E-state index in [-0.39, 0.29) is 0 Å². The summed E-state index contributed by atoms with van der Waals surface area (Å²) in [6, 6.07) is 0.796. The predicted molar refractivity (Wildman–Crippen MR) is 74.3 cm³/mol. The van der Waals surface area contributed by atoms with Gasteiger partial charge in [-0.3, -0.25) is 0 Å². The van der Waals surface area contributed by atoms with Crippen LogP contribution in [0.3, 0.4) is 0 Å². The van der Waals surface area contributed by atoms with Gasteiger partial charge in [0.15, 0.2) is 0 Å². The smallest absolute Gasteiger partial charge is 0.00928 e. The van der Waals surface area contributed by atoms with E-state index in [4.69, 9.17) is 0 Å². The topological polar surface area (TPSA) is 15.3 Å². The van der Waals surface area contributed by atoms with Crippen LogP contribution in [0.2, 0.25) is 0 Å². The zero-order valence-corrected chi connectivity index (χ0v) is 11.8. The van der Waals surface area contributed by atoms with Crippen molar-refractivity contribution >= 4 is 0 Å². The summed E-state index contributed by atoms with van der Waals surface area (Å²) in [6.45, 7) is 10.0. The minimum absolute atomic E-state index is 0.796. The Morgan fingerprint density at radius 1 is 1.12 bits per heavy atom. The Balaban J connectivity index is 1.62. The molecule has 2 nitrogen and oxygen atoms in total. The molecular weight excluding hydrogens is 208 g/mol. The predicted octanol–water partition coefficient (Wildman–Crippen LogP) is 2.89. The summed E-state index contributed by atoms with van der Waals surface area (Å²) >= 11 is 0. The highest BCUT2D eigenvalue weighted by Crippen LogP contribution is 2.23. The Labute approximate surface area is 107 Å². The third-order valence-corrected chi connectivity index (χ3v) is 4.61. The average molecular weight is 238 g/mol. The molecule has 0 radical (unpaired) electrons. The molecule has 1 heterocycles. The van der Waals surface area contributed by atoms with Crippen LogP contribution in [-0.4, -0.2) is 37.1 Å². The second-order valence-electron chi connectivity index (χ2n) is 6.39. The van der Waals surface area contributed by atoms with Crippen molar-refractivity contribution < 1.29 is 0 Å². The van der Waals surface area contributed by atoms with Crippen LogP contribution in [0, 0.1) is 11.8 Å². The molecule has 0 aromatic rings. The first-order chi connectivity index (χ1) is 8.25. The third kappa shape index (κ3) is 4.26. The lowest BCUT2D eigenvalue weighted by Gasteiger charge is -2.31. The molecule has 3 unspecified atom stereocenters. The molecule has 0 aromatic heterocycles. The van der Waals surface area contributed by atoms with Crippen molar-refractivity contribution in [2.24, 2.45) is 11.8 Å². The maximum atomic E-state index is 3.82. The van der Waals surface area contributed by atoms with Crippen molar-refractivity contribution in [3.05, 3.63) is 0 Å². The van der Waals surface area contributed by atoms with E-state index in [0.29, 0.717) is 0 Å². The monoisotopic (exact) mass is 238 g/mol. The van der Waals surface area contributed by atoms with Gasteiger partial charge in [-0.15, -0.1) is 0 Å². The molecule has 0 amide bonds. The Morgan fingerprint density at radius 2 is 1.82 bits per heavy atom. The van der Waals surface area contributed by atoms with Crippen molar-refractivity contribution in [3.63, 3.8) is 0 Å². The zero-order chi connectivity index (χ0) is 12.1. The molecule has 0 bridgehead atoms. The van der Waals surface area contributed by atoms with Gasteiger partial charge in [0, 0.05) is 12.6 Å². The maximum absolute atomic E-state index is 3.82. The van der Waals surface area contributed by atoms with E-state index in [1.807, 2.05) is 0 Å². The van der Waals surface area contributed by atoms with Crippen LogP contribution in [0.1, 0.15) is 52.4 Å². The second kappa shape index (κ2) is 6.75. The van der Waals surface area contributed by atoms with Crippen LogP contribution in [0.15, 0.2) is 0 Å². The van der Waals surface area contributed by atoms with Crippen molar-refractivity contribution in [1.29, 1.82) is 0 Å². The van der Waals surface area contributed by atoms with Gasteiger partial charge in [0.05, 0.1) is 0 Å². The normalized spacial score (nSPS) is 32.8. The first-order valence-electron chi connectivity index (χ1n) is 7.71. The molecular formula is C15H30N2. The van der Waals surface area contributed by atoms with Crippen LogP contribution in [0.4, 0.5) is 0 Å². The van der Waals surface area contributed by atoms with E-state index >= 15 is 0 Å². The number of nitrogens with one attached hydrogen (secondary N) is 1. The van der Waals surface area contributed by atoms with Crippen molar-refractivity contribution in [1.82, 2.24) is 10.2 Å². The molecule has 2 aliphatic rings. The second-order valence-corrected chi connectivity index (χ2v) is 6.39. The highest BCUT2D eigenvalue weighted by Gasteiger charge is 2.21. The van der Waals surface area contributed by atoms with Gasteiger partial charge in [-0.2, -0.15) is 0 Å². The van der Waals surface area contributed by atoms with Crippen molar-refractivity contribution in [2.45, 2.75) is 58.4 Å². The van der Waals surface area contributed by atoms with Crippen LogP contribution in [0.25, 0.3) is 0 Å². The van der Waals surface area contributed by atoms with Crippen molar-refractivity contribution in [2.75, 3.05) is 26.2 Å². The SMILES string of the molecule is CC(CNC1CCCCC1C)CN1CCCC1. The van der Waals surface area contributed by atoms with E-state index in [0.717, 1.165) is 17.9 Å². The third-order valence-electron chi connectivity index (χ3n) is 4.61. The Hall–Kier alpha value is -0.0800. The summed E-state index contributed by atoms with van der Waals surface area (Å²) < 4.78 is 0. The Bertz CT molecular complexity index is 211. The fraction of sp³-hybridized carbons (Fsp3) is 1.00. The van der Waals surface area contributed by atoms with Gasteiger partial charge >= 0.3 is 0 Å². The van der Waals surface area contributed by atoms with Gasteiger partial charge in [0.25, 0.3) is 0 Å². The fourth-order valence-corrected chi connectivity index (χ4v) is 3.44. The van der Waals surface area contributed by atoms with Crippen LogP contribution >= 0.6 is 0 Å². The Morgan fingerprint density at radius 3 is 2.53 bits per heavy atom. The van der Waals surface area contributed by atoms with Gasteiger partial charge in [-0.25, -0.2) is 0 Å². The summed E-state index contributed by atoms with van der Waals surface area (Å²) in [4.78, 5) is 2.64. The summed E-state index contributed by atoms with van der Waals surface area (Å²) in [5.74, 6) is 1.70. The summed E-state index contributed by atoms with van der Waals surface area (Å²) in [6.07, 6.45) is 8.54. The highest BCUT2D eigenvalue weighted by atomic mass is 15.1. The summed E-state index contributed by atoms with van der Waals surface area (Å²) in [5, 5.41) is 3.82. The number of rotatable bonds is 5. The number of hydrogen-bond donors (Lipinski definition) is 1. The molecule has 100 valence electrons. The standard InChI is InChI=1S/C15H30N2/c1-13(12-17-9-5-6-10-17)11-16-15-8-4-3-7-14(15)2/h13-16H,3-12H2,1-2H3. The molecule has 1 aliphatic heterocycles. The average Bonchev–Trinajstić information content (AvgIpc) is 2.81. The number of nitrogens with zero attached hydrogens (tertiary/aromatic N) is 1. The molecule has 2 heteroatoms. The van der Waals surface area contributed by atoms with Crippen LogP contribution < -0.4 is 5.32 Å². The molecule has 2 rings (SSSR count). The number of likely N-dealkylation sites (tertiary alicyclic amines) is 1. The lowest BCUT2D eigenvalue weighted by molar-refractivity contribution is 0.243. The van der Waals surface area contributed by atoms with Gasteiger partial charge in [-0.1, -0.05) is 26.7 Å². The van der Waals surface area contributed by atoms with Crippen LogP contribution in [0.5, 0.6) is 0 Å². The molecule has 17 heavy (non-hydrogen) atoms. The fourth-order valence-electron chi connectivity index (χ4n) is 3.44.